The van der Waals surface area contributed by atoms with E-state index in [9.17, 15) is 9.59 Å². The number of aryl methyl sites for hydroxylation is 1. The molecule has 0 unspecified atom stereocenters. The normalized spacial score (nSPS) is 12.2. The molecular formula is C14H18N4O3S. The average Bonchev–Trinajstić information content (AvgIpc) is 3.08. The Kier molecular flexibility index (Phi) is 5.26. The van der Waals surface area contributed by atoms with Crippen molar-refractivity contribution >= 4 is 28.3 Å². The van der Waals surface area contributed by atoms with E-state index in [1.165, 1.54) is 17.4 Å². The molecule has 0 radical (unpaired) electrons. The molecule has 0 aliphatic heterocycles. The van der Waals surface area contributed by atoms with Crippen molar-refractivity contribution < 1.29 is 14.1 Å². The number of hydrogen-bond donors (Lipinski definition) is 2. The van der Waals surface area contributed by atoms with Gasteiger partial charge in [-0.1, -0.05) is 19.0 Å². The maximum absolute atomic E-state index is 12.3. The summed E-state index contributed by atoms with van der Waals surface area (Å²) in [5, 5.41) is 11.3. The van der Waals surface area contributed by atoms with Crippen LogP contribution in [0.1, 0.15) is 36.5 Å². The first kappa shape index (κ1) is 16.2. The van der Waals surface area contributed by atoms with Crippen LogP contribution in [0.3, 0.4) is 0 Å². The molecule has 0 bridgehead atoms. The van der Waals surface area contributed by atoms with Crippen molar-refractivity contribution in [3.8, 4) is 0 Å². The van der Waals surface area contributed by atoms with Crippen molar-refractivity contribution in [2.45, 2.75) is 33.2 Å². The van der Waals surface area contributed by atoms with Gasteiger partial charge in [0.15, 0.2) is 10.8 Å². The topological polar surface area (TPSA) is 97.1 Å². The van der Waals surface area contributed by atoms with Gasteiger partial charge in [-0.25, -0.2) is 4.98 Å². The molecule has 2 rings (SSSR count). The Bertz CT molecular complexity index is 636. The Hall–Kier alpha value is -2.22. The molecule has 0 aliphatic rings. The van der Waals surface area contributed by atoms with Crippen molar-refractivity contribution in [2.75, 3.05) is 5.32 Å². The van der Waals surface area contributed by atoms with Crippen LogP contribution < -0.4 is 10.6 Å². The minimum Gasteiger partial charge on any atom is -0.361 e. The van der Waals surface area contributed by atoms with Gasteiger partial charge in [0.1, 0.15) is 11.8 Å². The summed E-state index contributed by atoms with van der Waals surface area (Å²) in [6.07, 6.45) is 2.12. The molecule has 2 amide bonds. The second-order valence-electron chi connectivity index (χ2n) is 5.30. The number of hydrogen-bond acceptors (Lipinski definition) is 6. The number of amides is 2. The Balaban J connectivity index is 2.05. The number of carbonyl (C=O) groups is 2. The van der Waals surface area contributed by atoms with Crippen LogP contribution in [0.5, 0.6) is 0 Å². The largest absolute Gasteiger partial charge is 0.361 e. The highest BCUT2D eigenvalue weighted by atomic mass is 32.1. The molecule has 2 aromatic heterocycles. The molecule has 0 saturated carbocycles. The van der Waals surface area contributed by atoms with Gasteiger partial charge in [0.2, 0.25) is 5.91 Å². The first-order chi connectivity index (χ1) is 10.5. The summed E-state index contributed by atoms with van der Waals surface area (Å²) < 4.78 is 4.87. The highest BCUT2D eigenvalue weighted by molar-refractivity contribution is 7.13. The molecule has 0 spiro atoms. The second kappa shape index (κ2) is 7.17. The fraction of sp³-hybridized carbons (Fsp3) is 0.429. The average molecular weight is 322 g/mol. The number of anilines is 1. The second-order valence-corrected chi connectivity index (χ2v) is 6.20. The summed E-state index contributed by atoms with van der Waals surface area (Å²) in [7, 11) is 0. The van der Waals surface area contributed by atoms with E-state index in [0.717, 1.165) is 0 Å². The summed E-state index contributed by atoms with van der Waals surface area (Å²) in [4.78, 5) is 28.5. The summed E-state index contributed by atoms with van der Waals surface area (Å²) in [5.74, 6) is 0.0539. The van der Waals surface area contributed by atoms with E-state index in [0.29, 0.717) is 17.3 Å². The maximum atomic E-state index is 12.3. The molecule has 8 heteroatoms. The molecule has 7 nitrogen and oxygen atoms in total. The van der Waals surface area contributed by atoms with Crippen LogP contribution in [0.15, 0.2) is 22.2 Å². The standard InChI is InChI=1S/C14H18N4O3S/c1-8(2)6-10(12(19)17-14-15-4-5-22-14)16-13(20)11-7-9(3)21-18-11/h4-5,7-8,10H,6H2,1-3H3,(H,16,20)(H,15,17,19)/t10-/m0/s1. The van der Waals surface area contributed by atoms with Gasteiger partial charge in [-0.05, 0) is 19.3 Å². The van der Waals surface area contributed by atoms with Crippen molar-refractivity contribution in [1.29, 1.82) is 0 Å². The van der Waals surface area contributed by atoms with Crippen LogP contribution in [0.25, 0.3) is 0 Å². The minimum atomic E-state index is -0.659. The molecule has 0 fully saturated rings. The van der Waals surface area contributed by atoms with Crippen molar-refractivity contribution in [2.24, 2.45) is 5.92 Å². The Morgan fingerprint density at radius 3 is 2.73 bits per heavy atom. The lowest BCUT2D eigenvalue weighted by atomic mass is 10.0. The first-order valence-corrected chi connectivity index (χ1v) is 7.78. The van der Waals surface area contributed by atoms with E-state index in [1.807, 2.05) is 13.8 Å². The summed E-state index contributed by atoms with van der Waals surface area (Å²) >= 11 is 1.32. The highest BCUT2D eigenvalue weighted by Gasteiger charge is 2.24. The van der Waals surface area contributed by atoms with Gasteiger partial charge in [-0.3, -0.25) is 9.59 Å². The lowest BCUT2D eigenvalue weighted by Crippen LogP contribution is -2.44. The maximum Gasteiger partial charge on any atom is 0.274 e. The molecule has 2 aromatic rings. The van der Waals surface area contributed by atoms with Gasteiger partial charge in [-0.15, -0.1) is 11.3 Å². The van der Waals surface area contributed by atoms with Gasteiger partial charge in [0.05, 0.1) is 0 Å². The zero-order valence-corrected chi connectivity index (χ0v) is 13.4. The Morgan fingerprint density at radius 1 is 1.41 bits per heavy atom. The van der Waals surface area contributed by atoms with Crippen molar-refractivity contribution in [3.05, 3.63) is 29.1 Å². The third-order valence-corrected chi connectivity index (χ3v) is 3.54. The molecular weight excluding hydrogens is 304 g/mol. The van der Waals surface area contributed by atoms with Crippen LogP contribution >= 0.6 is 11.3 Å². The third-order valence-electron chi connectivity index (χ3n) is 2.85. The van der Waals surface area contributed by atoms with Crippen molar-refractivity contribution in [3.63, 3.8) is 0 Å². The number of carbonyl (C=O) groups excluding carboxylic acids is 2. The van der Waals surface area contributed by atoms with E-state index < -0.39 is 11.9 Å². The molecule has 118 valence electrons. The number of nitrogens with one attached hydrogen (secondary N) is 2. The Morgan fingerprint density at radius 2 is 2.18 bits per heavy atom. The monoisotopic (exact) mass is 322 g/mol. The fourth-order valence-electron chi connectivity index (χ4n) is 1.89. The fourth-order valence-corrected chi connectivity index (χ4v) is 2.42. The molecule has 2 heterocycles. The van der Waals surface area contributed by atoms with E-state index >= 15 is 0 Å². The van der Waals surface area contributed by atoms with Crippen LogP contribution in [0.4, 0.5) is 5.13 Å². The lowest BCUT2D eigenvalue weighted by Gasteiger charge is -2.18. The number of nitrogens with zero attached hydrogens (tertiary/aromatic N) is 2. The zero-order chi connectivity index (χ0) is 16.1. The molecule has 0 aliphatic carbocycles. The molecule has 0 aromatic carbocycles. The molecule has 22 heavy (non-hydrogen) atoms. The minimum absolute atomic E-state index is 0.160. The van der Waals surface area contributed by atoms with Crippen LogP contribution in [0.2, 0.25) is 0 Å². The van der Waals surface area contributed by atoms with Crippen LogP contribution in [0, 0.1) is 12.8 Å². The quantitative estimate of drug-likeness (QED) is 0.850. The van der Waals surface area contributed by atoms with Gasteiger partial charge in [0.25, 0.3) is 5.91 Å². The molecule has 1 atom stereocenters. The Labute approximate surface area is 132 Å². The lowest BCUT2D eigenvalue weighted by molar-refractivity contribution is -0.118. The zero-order valence-electron chi connectivity index (χ0n) is 12.6. The van der Waals surface area contributed by atoms with Gasteiger partial charge in [-0.2, -0.15) is 0 Å². The highest BCUT2D eigenvalue weighted by Crippen LogP contribution is 2.13. The summed E-state index contributed by atoms with van der Waals surface area (Å²) in [6.45, 7) is 5.66. The predicted molar refractivity (Wildman–Crippen MR) is 82.7 cm³/mol. The smallest absolute Gasteiger partial charge is 0.274 e. The van der Waals surface area contributed by atoms with E-state index in [-0.39, 0.29) is 17.5 Å². The van der Waals surface area contributed by atoms with Gasteiger partial charge in [0, 0.05) is 17.6 Å². The molecule has 0 saturated heterocycles. The summed E-state index contributed by atoms with van der Waals surface area (Å²) in [5.41, 5.74) is 0.160. The van der Waals surface area contributed by atoms with Gasteiger partial charge >= 0.3 is 0 Å². The predicted octanol–water partition coefficient (Wildman–Crippen LogP) is 2.22. The van der Waals surface area contributed by atoms with E-state index in [1.54, 1.807) is 18.5 Å². The number of rotatable bonds is 6. The van der Waals surface area contributed by atoms with E-state index in [4.69, 9.17) is 4.52 Å². The molecule has 2 N–H and O–H groups in total. The number of thiazole rings is 1. The van der Waals surface area contributed by atoms with Gasteiger partial charge < -0.3 is 15.2 Å². The SMILES string of the molecule is Cc1cc(C(=O)N[C@@H](CC(C)C)C(=O)Nc2nccs2)no1. The van der Waals surface area contributed by atoms with Crippen molar-refractivity contribution in [1.82, 2.24) is 15.5 Å². The summed E-state index contributed by atoms with van der Waals surface area (Å²) in [6, 6.07) is 0.869. The number of aromatic nitrogens is 2. The first-order valence-electron chi connectivity index (χ1n) is 6.90. The van der Waals surface area contributed by atoms with Crippen LogP contribution in [-0.2, 0) is 4.79 Å². The van der Waals surface area contributed by atoms with E-state index in [2.05, 4.69) is 20.8 Å². The van der Waals surface area contributed by atoms with Crippen LogP contribution in [-0.4, -0.2) is 28.0 Å². The third kappa shape index (κ3) is 4.39.